The molecule has 1 aliphatic heterocycles. The van der Waals surface area contributed by atoms with Crippen LogP contribution in [0.25, 0.3) is 0 Å². The summed E-state index contributed by atoms with van der Waals surface area (Å²) >= 11 is 12.9. The van der Waals surface area contributed by atoms with E-state index in [0.717, 1.165) is 30.4 Å². The van der Waals surface area contributed by atoms with Crippen LogP contribution in [0.3, 0.4) is 0 Å². The Hall–Kier alpha value is -1.35. The van der Waals surface area contributed by atoms with Crippen LogP contribution in [0.1, 0.15) is 42.5 Å². The standard InChI is InChI=1S/C20H19Cl2NO/c21-16-10-3-1-6-12(16)18-14-8-5-9-15(20(14)24)19(23-18)13-7-2-4-11-17(13)22/h1-4,6-7,10-11,14-15,18-19,23H,5,8-9H2/t14-,15+,18+,19-. The molecule has 1 heterocycles. The molecule has 0 radical (unpaired) electrons. The van der Waals surface area contributed by atoms with Crippen molar-refractivity contribution >= 4 is 29.0 Å². The highest BCUT2D eigenvalue weighted by Gasteiger charge is 2.47. The fourth-order valence-electron chi connectivity index (χ4n) is 4.27. The first-order valence-corrected chi connectivity index (χ1v) is 9.21. The highest BCUT2D eigenvalue weighted by atomic mass is 35.5. The van der Waals surface area contributed by atoms with Gasteiger partial charge in [0.15, 0.2) is 0 Å². The van der Waals surface area contributed by atoms with Crippen LogP contribution in [-0.4, -0.2) is 5.78 Å². The number of halogens is 2. The molecule has 1 saturated carbocycles. The molecule has 1 saturated heterocycles. The van der Waals surface area contributed by atoms with E-state index in [0.29, 0.717) is 15.8 Å². The molecule has 0 aromatic heterocycles. The number of benzene rings is 2. The smallest absolute Gasteiger partial charge is 0.142 e. The van der Waals surface area contributed by atoms with E-state index in [4.69, 9.17) is 23.2 Å². The number of Topliss-reactive ketones (excluding diaryl/α,β-unsaturated/α-hetero) is 1. The van der Waals surface area contributed by atoms with Crippen molar-refractivity contribution in [2.45, 2.75) is 31.3 Å². The monoisotopic (exact) mass is 359 g/mol. The lowest BCUT2D eigenvalue weighted by molar-refractivity contribution is -0.135. The van der Waals surface area contributed by atoms with E-state index in [1.165, 1.54) is 0 Å². The molecule has 1 aliphatic carbocycles. The molecule has 1 N–H and O–H groups in total. The van der Waals surface area contributed by atoms with Gasteiger partial charge in [-0.15, -0.1) is 0 Å². The Kier molecular flexibility index (Phi) is 4.38. The van der Waals surface area contributed by atoms with Crippen LogP contribution in [0.2, 0.25) is 10.0 Å². The minimum Gasteiger partial charge on any atom is -0.302 e. The number of piperidine rings is 1. The number of carbonyl (C=O) groups is 1. The molecule has 2 aromatic rings. The quantitative estimate of drug-likeness (QED) is 0.781. The summed E-state index contributed by atoms with van der Waals surface area (Å²) in [6.07, 6.45) is 2.92. The van der Waals surface area contributed by atoms with Crippen molar-refractivity contribution in [3.05, 3.63) is 69.7 Å². The van der Waals surface area contributed by atoms with Gasteiger partial charge in [0.05, 0.1) is 0 Å². The van der Waals surface area contributed by atoms with Crippen LogP contribution in [0, 0.1) is 11.8 Å². The second-order valence-electron chi connectivity index (χ2n) is 6.71. The third kappa shape index (κ3) is 2.67. The van der Waals surface area contributed by atoms with Gasteiger partial charge in [0, 0.05) is 34.0 Å². The lowest BCUT2D eigenvalue weighted by Gasteiger charge is -2.45. The molecule has 0 spiro atoms. The summed E-state index contributed by atoms with van der Waals surface area (Å²) in [7, 11) is 0. The Bertz CT molecular complexity index is 714. The average Bonchev–Trinajstić information content (AvgIpc) is 2.57. The number of carbonyl (C=O) groups excluding carboxylic acids is 1. The SMILES string of the molecule is O=C1[C@H]2CCC[C@@H]1[C@H](c1ccccc1Cl)N[C@@H]2c1ccccc1Cl. The largest absolute Gasteiger partial charge is 0.302 e. The first-order chi connectivity index (χ1) is 11.7. The highest BCUT2D eigenvalue weighted by Crippen LogP contribution is 2.47. The lowest BCUT2D eigenvalue weighted by atomic mass is 9.67. The van der Waals surface area contributed by atoms with E-state index in [9.17, 15) is 4.79 Å². The van der Waals surface area contributed by atoms with Gasteiger partial charge in [0.2, 0.25) is 0 Å². The third-order valence-electron chi connectivity index (χ3n) is 5.41. The van der Waals surface area contributed by atoms with Crippen molar-refractivity contribution < 1.29 is 4.79 Å². The van der Waals surface area contributed by atoms with E-state index in [2.05, 4.69) is 5.32 Å². The van der Waals surface area contributed by atoms with Crippen molar-refractivity contribution in [3.8, 4) is 0 Å². The molecule has 2 bridgehead atoms. The number of hydrogen-bond acceptors (Lipinski definition) is 2. The number of fused-ring (bicyclic) bond motifs is 2. The third-order valence-corrected chi connectivity index (χ3v) is 6.09. The van der Waals surface area contributed by atoms with Crippen molar-refractivity contribution in [1.29, 1.82) is 0 Å². The molecule has 2 aliphatic rings. The zero-order valence-electron chi connectivity index (χ0n) is 13.2. The van der Waals surface area contributed by atoms with Gasteiger partial charge in [-0.25, -0.2) is 0 Å². The van der Waals surface area contributed by atoms with Crippen LogP contribution in [0.15, 0.2) is 48.5 Å². The van der Waals surface area contributed by atoms with Crippen LogP contribution in [0.4, 0.5) is 0 Å². The summed E-state index contributed by atoms with van der Waals surface area (Å²) in [5.41, 5.74) is 2.02. The van der Waals surface area contributed by atoms with E-state index < -0.39 is 0 Å². The molecule has 4 heteroatoms. The van der Waals surface area contributed by atoms with Crippen LogP contribution in [-0.2, 0) is 4.79 Å². The maximum Gasteiger partial charge on any atom is 0.142 e. The van der Waals surface area contributed by atoms with Crippen molar-refractivity contribution in [1.82, 2.24) is 5.32 Å². The fraction of sp³-hybridized carbons (Fsp3) is 0.350. The zero-order valence-corrected chi connectivity index (χ0v) is 14.7. The lowest BCUT2D eigenvalue weighted by Crippen LogP contribution is -2.50. The Balaban J connectivity index is 1.78. The number of hydrogen-bond donors (Lipinski definition) is 1. The van der Waals surface area contributed by atoms with Crippen molar-refractivity contribution in [3.63, 3.8) is 0 Å². The van der Waals surface area contributed by atoms with Gasteiger partial charge in [-0.3, -0.25) is 4.79 Å². The number of ketones is 1. The fourth-order valence-corrected chi connectivity index (χ4v) is 4.78. The minimum absolute atomic E-state index is 0.00221. The summed E-state index contributed by atoms with van der Waals surface area (Å²) in [6.45, 7) is 0. The highest BCUT2D eigenvalue weighted by molar-refractivity contribution is 6.31. The van der Waals surface area contributed by atoms with Gasteiger partial charge in [-0.2, -0.15) is 0 Å². The Morgan fingerprint density at radius 2 is 1.25 bits per heavy atom. The van der Waals surface area contributed by atoms with Gasteiger partial charge in [0.25, 0.3) is 0 Å². The number of nitrogens with one attached hydrogen (secondary N) is 1. The maximum atomic E-state index is 13.1. The molecule has 2 nitrogen and oxygen atoms in total. The molecule has 124 valence electrons. The molecule has 2 aromatic carbocycles. The van der Waals surface area contributed by atoms with E-state index in [1.54, 1.807) is 0 Å². The summed E-state index contributed by atoms with van der Waals surface area (Å²) in [5.74, 6) is 0.361. The molecule has 2 fully saturated rings. The second kappa shape index (κ2) is 6.51. The predicted molar refractivity (Wildman–Crippen MR) is 97.4 cm³/mol. The van der Waals surface area contributed by atoms with Crippen molar-refractivity contribution in [2.24, 2.45) is 11.8 Å². The van der Waals surface area contributed by atoms with E-state index in [1.807, 2.05) is 48.5 Å². The van der Waals surface area contributed by atoms with Gasteiger partial charge < -0.3 is 5.32 Å². The first kappa shape index (κ1) is 16.1. The molecule has 4 atom stereocenters. The minimum atomic E-state index is -0.0518. The summed E-state index contributed by atoms with van der Waals surface area (Å²) in [6, 6.07) is 15.5. The molecule has 0 unspecified atom stereocenters. The molecular formula is C20H19Cl2NO. The normalized spacial score (nSPS) is 29.5. The molecule has 4 rings (SSSR count). The van der Waals surface area contributed by atoms with Crippen LogP contribution in [0.5, 0.6) is 0 Å². The van der Waals surface area contributed by atoms with Crippen LogP contribution >= 0.6 is 23.2 Å². The first-order valence-electron chi connectivity index (χ1n) is 8.45. The average molecular weight is 360 g/mol. The Morgan fingerprint density at radius 3 is 1.71 bits per heavy atom. The van der Waals surface area contributed by atoms with Gasteiger partial charge in [-0.1, -0.05) is 66.0 Å². The topological polar surface area (TPSA) is 29.1 Å². The van der Waals surface area contributed by atoms with E-state index in [-0.39, 0.29) is 23.9 Å². The summed E-state index contributed by atoms with van der Waals surface area (Å²) < 4.78 is 0. The van der Waals surface area contributed by atoms with E-state index >= 15 is 0 Å². The van der Waals surface area contributed by atoms with Gasteiger partial charge in [-0.05, 0) is 36.1 Å². The van der Waals surface area contributed by atoms with Crippen molar-refractivity contribution in [2.75, 3.05) is 0 Å². The van der Waals surface area contributed by atoms with Gasteiger partial charge >= 0.3 is 0 Å². The Labute approximate surface area is 152 Å². The van der Waals surface area contributed by atoms with Crippen LogP contribution < -0.4 is 5.32 Å². The predicted octanol–water partition coefficient (Wildman–Crippen LogP) is 5.36. The summed E-state index contributed by atoms with van der Waals surface area (Å²) in [4.78, 5) is 13.1. The zero-order chi connectivity index (χ0) is 16.7. The second-order valence-corrected chi connectivity index (χ2v) is 7.53. The summed E-state index contributed by atoms with van der Waals surface area (Å²) in [5, 5.41) is 5.14. The maximum absolute atomic E-state index is 13.1. The van der Waals surface area contributed by atoms with Gasteiger partial charge in [0.1, 0.15) is 5.78 Å². The molecular weight excluding hydrogens is 341 g/mol. The molecule has 24 heavy (non-hydrogen) atoms. The Morgan fingerprint density at radius 1 is 0.792 bits per heavy atom. The number of rotatable bonds is 2. The molecule has 0 amide bonds.